The number of rotatable bonds is 12. The lowest BCUT2D eigenvalue weighted by Crippen LogP contribution is -2.46. The Hall–Kier alpha value is -3.45. The number of benzene rings is 3. The Kier molecular flexibility index (Phi) is 8.90. The number of nitrogens with zero attached hydrogens (tertiary/aromatic N) is 1. The number of carbonyl (C=O) groups excluding carboxylic acids is 1. The van der Waals surface area contributed by atoms with E-state index in [9.17, 15) is 9.90 Å². The molecule has 6 heteroatoms. The number of ether oxygens (including phenoxy) is 3. The summed E-state index contributed by atoms with van der Waals surface area (Å²) in [5.41, 5.74) is 2.87. The molecule has 188 valence electrons. The molecule has 1 fully saturated rings. The Morgan fingerprint density at radius 2 is 1.47 bits per heavy atom. The van der Waals surface area contributed by atoms with Gasteiger partial charge in [-0.05, 0) is 35.2 Å². The molecule has 4 atom stereocenters. The van der Waals surface area contributed by atoms with Crippen molar-refractivity contribution in [3.63, 3.8) is 0 Å². The molecule has 1 amide bonds. The Bertz CT molecular complexity index is 1100. The topological polar surface area (TPSA) is 68.2 Å². The van der Waals surface area contributed by atoms with E-state index in [1.807, 2.05) is 84.9 Å². The lowest BCUT2D eigenvalue weighted by Gasteiger charge is -2.31. The molecule has 0 unspecified atom stereocenters. The van der Waals surface area contributed by atoms with Crippen molar-refractivity contribution in [1.82, 2.24) is 4.90 Å². The summed E-state index contributed by atoms with van der Waals surface area (Å²) in [6, 6.07) is 26.5. The lowest BCUT2D eigenvalue weighted by atomic mass is 10.0. The maximum Gasteiger partial charge on any atom is 0.255 e. The smallest absolute Gasteiger partial charge is 0.255 e. The highest BCUT2D eigenvalue weighted by atomic mass is 16.5. The summed E-state index contributed by atoms with van der Waals surface area (Å²) in [6.45, 7) is 4.67. The zero-order chi connectivity index (χ0) is 25.3. The lowest BCUT2D eigenvalue weighted by molar-refractivity contribution is -0.142. The standard InChI is InChI=1S/C30H33NO5/c1-3-10-26(32)27-28(35-20-23-11-6-4-7-12-23)29(36-21-24-13-8-5-9-14-24)30(33)31(27)19-22-15-17-25(34-2)18-16-22/h3-9,11-18,26-29,32H,1,10,19-21H2,2H3/t26-,27-,28+,29-/m0/s1. The van der Waals surface area contributed by atoms with Crippen LogP contribution in [0.25, 0.3) is 0 Å². The van der Waals surface area contributed by atoms with Crippen molar-refractivity contribution < 1.29 is 24.1 Å². The molecule has 4 rings (SSSR count). The summed E-state index contributed by atoms with van der Waals surface area (Å²) in [5.74, 6) is 0.538. The summed E-state index contributed by atoms with van der Waals surface area (Å²) >= 11 is 0. The molecule has 1 aliphatic rings. The number of aliphatic hydroxyl groups is 1. The summed E-state index contributed by atoms with van der Waals surface area (Å²) in [4.78, 5) is 15.4. The first-order chi connectivity index (χ1) is 17.6. The van der Waals surface area contributed by atoms with Crippen LogP contribution in [0.3, 0.4) is 0 Å². The van der Waals surface area contributed by atoms with Gasteiger partial charge in [0, 0.05) is 6.54 Å². The van der Waals surface area contributed by atoms with Gasteiger partial charge in [-0.2, -0.15) is 0 Å². The number of hydrogen-bond donors (Lipinski definition) is 1. The second-order valence-corrected chi connectivity index (χ2v) is 8.87. The maximum absolute atomic E-state index is 13.8. The van der Waals surface area contributed by atoms with Crippen molar-refractivity contribution in [1.29, 1.82) is 0 Å². The van der Waals surface area contributed by atoms with E-state index in [2.05, 4.69) is 6.58 Å². The fourth-order valence-electron chi connectivity index (χ4n) is 4.53. The molecule has 1 heterocycles. The summed E-state index contributed by atoms with van der Waals surface area (Å²) in [6.07, 6.45) is -0.372. The number of aliphatic hydroxyl groups excluding tert-OH is 1. The van der Waals surface area contributed by atoms with E-state index in [4.69, 9.17) is 14.2 Å². The molecule has 3 aromatic carbocycles. The van der Waals surface area contributed by atoms with Gasteiger partial charge in [-0.15, -0.1) is 6.58 Å². The average molecular weight is 488 g/mol. The fourth-order valence-corrected chi connectivity index (χ4v) is 4.53. The number of hydrogen-bond acceptors (Lipinski definition) is 5. The van der Waals surface area contributed by atoms with Crippen LogP contribution in [0.2, 0.25) is 0 Å². The van der Waals surface area contributed by atoms with E-state index in [0.717, 1.165) is 22.4 Å². The molecule has 0 aliphatic carbocycles. The van der Waals surface area contributed by atoms with Crippen LogP contribution in [0.5, 0.6) is 5.75 Å². The van der Waals surface area contributed by atoms with Gasteiger partial charge in [0.25, 0.3) is 5.91 Å². The maximum atomic E-state index is 13.8. The Labute approximate surface area is 212 Å². The van der Waals surface area contributed by atoms with Gasteiger partial charge in [-0.1, -0.05) is 78.9 Å². The van der Waals surface area contributed by atoms with Crippen LogP contribution in [0.15, 0.2) is 97.6 Å². The first-order valence-electron chi connectivity index (χ1n) is 12.1. The Morgan fingerprint density at radius 1 is 0.889 bits per heavy atom. The van der Waals surface area contributed by atoms with Gasteiger partial charge in [0.05, 0.1) is 32.5 Å². The largest absolute Gasteiger partial charge is 0.497 e. The molecule has 0 radical (unpaired) electrons. The van der Waals surface area contributed by atoms with E-state index in [1.165, 1.54) is 0 Å². The molecule has 0 spiro atoms. The number of likely N-dealkylation sites (tertiary alicyclic amines) is 1. The minimum atomic E-state index is -0.851. The monoisotopic (exact) mass is 487 g/mol. The van der Waals surface area contributed by atoms with Crippen LogP contribution in [0.1, 0.15) is 23.1 Å². The minimum absolute atomic E-state index is 0.201. The summed E-state index contributed by atoms with van der Waals surface area (Å²) in [5, 5.41) is 11.1. The van der Waals surface area contributed by atoms with Crippen LogP contribution in [0.4, 0.5) is 0 Å². The second kappa shape index (κ2) is 12.5. The second-order valence-electron chi connectivity index (χ2n) is 8.87. The highest BCUT2D eigenvalue weighted by molar-refractivity contribution is 5.85. The third-order valence-corrected chi connectivity index (χ3v) is 6.39. The first-order valence-corrected chi connectivity index (χ1v) is 12.1. The van der Waals surface area contributed by atoms with Crippen LogP contribution >= 0.6 is 0 Å². The molecule has 1 N–H and O–H groups in total. The van der Waals surface area contributed by atoms with Gasteiger partial charge in [-0.25, -0.2) is 0 Å². The van der Waals surface area contributed by atoms with Gasteiger partial charge in [0.1, 0.15) is 11.9 Å². The van der Waals surface area contributed by atoms with Gasteiger partial charge in [0.15, 0.2) is 6.10 Å². The van der Waals surface area contributed by atoms with Crippen LogP contribution < -0.4 is 4.74 Å². The first kappa shape index (κ1) is 25.6. The van der Waals surface area contributed by atoms with Gasteiger partial charge in [0.2, 0.25) is 0 Å². The van der Waals surface area contributed by atoms with Crippen molar-refractivity contribution in [2.24, 2.45) is 0 Å². The fraction of sp³-hybridized carbons (Fsp3) is 0.300. The third kappa shape index (κ3) is 6.21. The number of amides is 1. The highest BCUT2D eigenvalue weighted by Gasteiger charge is 2.52. The molecule has 1 aliphatic heterocycles. The predicted molar refractivity (Wildman–Crippen MR) is 138 cm³/mol. The molecule has 0 bridgehead atoms. The molecule has 6 nitrogen and oxygen atoms in total. The third-order valence-electron chi connectivity index (χ3n) is 6.39. The van der Waals surface area contributed by atoms with E-state index >= 15 is 0 Å². The average Bonchev–Trinajstić information content (AvgIpc) is 3.18. The van der Waals surface area contributed by atoms with Crippen molar-refractivity contribution in [2.75, 3.05) is 7.11 Å². The SMILES string of the molecule is C=CC[C@H](O)[C@H]1[C@@H](OCc2ccccc2)[C@H](OCc2ccccc2)C(=O)N1Cc1ccc(OC)cc1. The quantitative estimate of drug-likeness (QED) is 0.381. The van der Waals surface area contributed by atoms with E-state index in [-0.39, 0.29) is 12.5 Å². The molecule has 3 aromatic rings. The van der Waals surface area contributed by atoms with Crippen molar-refractivity contribution >= 4 is 5.91 Å². The van der Waals surface area contributed by atoms with Gasteiger partial charge >= 0.3 is 0 Å². The van der Waals surface area contributed by atoms with Crippen molar-refractivity contribution in [2.45, 2.75) is 50.5 Å². The predicted octanol–water partition coefficient (Wildman–Crippen LogP) is 4.51. The van der Waals surface area contributed by atoms with E-state index in [1.54, 1.807) is 18.1 Å². The minimum Gasteiger partial charge on any atom is -0.497 e. The van der Waals surface area contributed by atoms with Crippen molar-refractivity contribution in [3.8, 4) is 5.75 Å². The van der Waals surface area contributed by atoms with E-state index in [0.29, 0.717) is 19.6 Å². The van der Waals surface area contributed by atoms with Crippen LogP contribution in [-0.2, 0) is 34.0 Å². The van der Waals surface area contributed by atoms with Crippen molar-refractivity contribution in [3.05, 3.63) is 114 Å². The van der Waals surface area contributed by atoms with Gasteiger partial charge in [-0.3, -0.25) is 4.79 Å². The highest BCUT2D eigenvalue weighted by Crippen LogP contribution is 2.32. The van der Waals surface area contributed by atoms with Gasteiger partial charge < -0.3 is 24.2 Å². The Morgan fingerprint density at radius 3 is 2.03 bits per heavy atom. The zero-order valence-electron chi connectivity index (χ0n) is 20.5. The number of carbonyl (C=O) groups is 1. The summed E-state index contributed by atoms with van der Waals surface area (Å²) < 4.78 is 17.8. The zero-order valence-corrected chi connectivity index (χ0v) is 20.5. The molecule has 36 heavy (non-hydrogen) atoms. The normalized spacial score (nSPS) is 20.3. The van der Waals surface area contributed by atoms with Crippen LogP contribution in [0, 0.1) is 0 Å². The molecule has 1 saturated heterocycles. The Balaban J connectivity index is 1.62. The van der Waals surface area contributed by atoms with E-state index < -0.39 is 24.4 Å². The number of methoxy groups -OCH3 is 1. The summed E-state index contributed by atoms with van der Waals surface area (Å²) in [7, 11) is 1.62. The molecular weight excluding hydrogens is 454 g/mol. The molecule has 0 aromatic heterocycles. The molecular formula is C30H33NO5. The molecule has 0 saturated carbocycles. The van der Waals surface area contributed by atoms with Crippen LogP contribution in [-0.4, -0.2) is 47.4 Å².